The number of benzene rings is 2. The van der Waals surface area contributed by atoms with Crippen LogP contribution in [0, 0.1) is 0 Å². The smallest absolute Gasteiger partial charge is 0.0697 e. The summed E-state index contributed by atoms with van der Waals surface area (Å²) in [6.07, 6.45) is 0.943. The maximum absolute atomic E-state index is 8.83. The van der Waals surface area contributed by atoms with Gasteiger partial charge in [-0.15, -0.1) is 0 Å². The average molecular weight is 375 g/mol. The zero-order valence-corrected chi connectivity index (χ0v) is 15.7. The van der Waals surface area contributed by atoms with Crippen LogP contribution in [-0.2, 0) is 4.74 Å². The molecule has 4 nitrogen and oxygen atoms in total. The van der Waals surface area contributed by atoms with Crippen LogP contribution >= 0.6 is 11.6 Å². The number of ether oxygens (including phenoxy) is 1. The number of rotatable bonds is 8. The van der Waals surface area contributed by atoms with E-state index in [2.05, 4.69) is 52.7 Å². The molecule has 0 radical (unpaired) electrons. The Morgan fingerprint density at radius 1 is 1.08 bits per heavy atom. The first-order valence-corrected chi connectivity index (χ1v) is 9.62. The molecule has 0 bridgehead atoms. The summed E-state index contributed by atoms with van der Waals surface area (Å²) in [5.74, 6) is 0. The van der Waals surface area contributed by atoms with Crippen molar-refractivity contribution in [3.05, 3.63) is 70.7 Å². The fraction of sp³-hybridized carbons (Fsp3) is 0.429. The lowest BCUT2D eigenvalue weighted by molar-refractivity contribution is 0.0755. The standard InChI is InChI=1S/C21H27ClN2O2/c22-19-8-6-18(7-9-19)21(17-4-2-1-3-5-17)24-12-11-23-20(16-24)10-14-26-15-13-25/h1-9,20-21,23,25H,10-16H2. The summed E-state index contributed by atoms with van der Waals surface area (Å²) in [5.41, 5.74) is 2.56. The molecule has 1 heterocycles. The normalized spacial score (nSPS) is 19.4. The molecule has 1 aliphatic heterocycles. The summed E-state index contributed by atoms with van der Waals surface area (Å²) in [6, 6.07) is 19.4. The van der Waals surface area contributed by atoms with Gasteiger partial charge in [0.15, 0.2) is 0 Å². The van der Waals surface area contributed by atoms with E-state index in [1.165, 1.54) is 11.1 Å². The first-order valence-electron chi connectivity index (χ1n) is 9.24. The number of nitrogens with one attached hydrogen (secondary N) is 1. The molecule has 26 heavy (non-hydrogen) atoms. The third-order valence-corrected chi connectivity index (χ3v) is 5.05. The monoisotopic (exact) mass is 374 g/mol. The molecule has 2 N–H and O–H groups in total. The van der Waals surface area contributed by atoms with E-state index in [1.807, 2.05) is 12.1 Å². The van der Waals surface area contributed by atoms with Gasteiger partial charge in [-0.25, -0.2) is 0 Å². The highest BCUT2D eigenvalue weighted by Crippen LogP contribution is 2.30. The number of nitrogens with zero attached hydrogens (tertiary/aromatic N) is 1. The molecule has 3 rings (SSSR count). The van der Waals surface area contributed by atoms with Crippen molar-refractivity contribution in [3.63, 3.8) is 0 Å². The van der Waals surface area contributed by atoms with E-state index in [-0.39, 0.29) is 12.6 Å². The molecule has 5 heteroatoms. The SMILES string of the molecule is OCCOCCC1CN(C(c2ccccc2)c2ccc(Cl)cc2)CCN1. The van der Waals surface area contributed by atoms with E-state index in [1.54, 1.807) is 0 Å². The van der Waals surface area contributed by atoms with E-state index < -0.39 is 0 Å². The Morgan fingerprint density at radius 2 is 1.81 bits per heavy atom. The Balaban J connectivity index is 1.75. The molecule has 2 unspecified atom stereocenters. The van der Waals surface area contributed by atoms with Crippen molar-refractivity contribution < 1.29 is 9.84 Å². The molecule has 2 aromatic rings. The number of aliphatic hydroxyl groups is 1. The summed E-state index contributed by atoms with van der Waals surface area (Å²) in [5, 5.41) is 13.2. The van der Waals surface area contributed by atoms with Crippen molar-refractivity contribution in [2.24, 2.45) is 0 Å². The lowest BCUT2D eigenvalue weighted by Crippen LogP contribution is -2.52. The van der Waals surface area contributed by atoms with Crippen molar-refractivity contribution in [2.45, 2.75) is 18.5 Å². The first kappa shape index (κ1) is 19.3. The van der Waals surface area contributed by atoms with E-state index >= 15 is 0 Å². The third-order valence-electron chi connectivity index (χ3n) is 4.80. The number of hydrogen-bond acceptors (Lipinski definition) is 4. The lowest BCUT2D eigenvalue weighted by atomic mass is 9.95. The van der Waals surface area contributed by atoms with Crippen LogP contribution in [0.1, 0.15) is 23.6 Å². The minimum atomic E-state index is 0.0802. The van der Waals surface area contributed by atoms with Gasteiger partial charge in [-0.2, -0.15) is 0 Å². The Kier molecular flexibility index (Phi) is 7.47. The molecule has 0 amide bonds. The van der Waals surface area contributed by atoms with Crippen LogP contribution in [0.15, 0.2) is 54.6 Å². The Morgan fingerprint density at radius 3 is 2.54 bits per heavy atom. The van der Waals surface area contributed by atoms with Gasteiger partial charge in [0.1, 0.15) is 0 Å². The van der Waals surface area contributed by atoms with Gasteiger partial charge >= 0.3 is 0 Å². The van der Waals surface area contributed by atoms with Crippen molar-refractivity contribution >= 4 is 11.6 Å². The second kappa shape index (κ2) is 10.0. The van der Waals surface area contributed by atoms with Crippen LogP contribution in [0.4, 0.5) is 0 Å². The quantitative estimate of drug-likeness (QED) is 0.697. The fourth-order valence-electron chi connectivity index (χ4n) is 3.57. The predicted molar refractivity (Wildman–Crippen MR) is 106 cm³/mol. The number of halogens is 1. The molecular formula is C21H27ClN2O2. The van der Waals surface area contributed by atoms with Crippen molar-refractivity contribution in [3.8, 4) is 0 Å². The zero-order chi connectivity index (χ0) is 18.2. The van der Waals surface area contributed by atoms with Gasteiger partial charge in [0.2, 0.25) is 0 Å². The van der Waals surface area contributed by atoms with Gasteiger partial charge in [0.25, 0.3) is 0 Å². The van der Waals surface area contributed by atoms with Crippen molar-refractivity contribution in [2.75, 3.05) is 39.5 Å². The minimum absolute atomic E-state index is 0.0802. The molecule has 0 aromatic heterocycles. The van der Waals surface area contributed by atoms with Crippen LogP contribution < -0.4 is 5.32 Å². The van der Waals surface area contributed by atoms with Crippen LogP contribution in [0.2, 0.25) is 5.02 Å². The molecule has 2 aromatic carbocycles. The summed E-state index contributed by atoms with van der Waals surface area (Å²) in [7, 11) is 0. The van der Waals surface area contributed by atoms with Gasteiger partial charge in [0.05, 0.1) is 19.3 Å². The maximum atomic E-state index is 8.83. The topological polar surface area (TPSA) is 44.7 Å². The Labute approximate surface area is 160 Å². The Bertz CT molecular complexity index is 651. The zero-order valence-electron chi connectivity index (χ0n) is 15.0. The van der Waals surface area contributed by atoms with E-state index in [0.717, 1.165) is 31.1 Å². The largest absolute Gasteiger partial charge is 0.394 e. The van der Waals surface area contributed by atoms with Crippen LogP contribution in [0.5, 0.6) is 0 Å². The molecule has 1 saturated heterocycles. The molecule has 140 valence electrons. The van der Waals surface area contributed by atoms with Crippen molar-refractivity contribution in [1.29, 1.82) is 0 Å². The summed E-state index contributed by atoms with van der Waals surface area (Å²) in [4.78, 5) is 2.53. The third kappa shape index (κ3) is 5.29. The van der Waals surface area contributed by atoms with Crippen molar-refractivity contribution in [1.82, 2.24) is 10.2 Å². The summed E-state index contributed by atoms with van der Waals surface area (Å²) >= 11 is 6.10. The molecule has 0 spiro atoms. The number of aliphatic hydroxyl groups excluding tert-OH is 1. The lowest BCUT2D eigenvalue weighted by Gasteiger charge is -2.39. The van der Waals surface area contributed by atoms with Crippen LogP contribution in [-0.4, -0.2) is 55.5 Å². The second-order valence-electron chi connectivity index (χ2n) is 6.64. The molecule has 1 fully saturated rings. The highest BCUT2D eigenvalue weighted by Gasteiger charge is 2.27. The van der Waals surface area contributed by atoms with Gasteiger partial charge in [-0.05, 0) is 29.7 Å². The van der Waals surface area contributed by atoms with Gasteiger partial charge in [-0.3, -0.25) is 4.90 Å². The molecular weight excluding hydrogens is 348 g/mol. The highest BCUT2D eigenvalue weighted by molar-refractivity contribution is 6.30. The number of hydrogen-bond donors (Lipinski definition) is 2. The maximum Gasteiger partial charge on any atom is 0.0697 e. The van der Waals surface area contributed by atoms with E-state index in [4.69, 9.17) is 21.4 Å². The van der Waals surface area contributed by atoms with Gasteiger partial charge in [0, 0.05) is 37.3 Å². The van der Waals surface area contributed by atoms with E-state index in [9.17, 15) is 0 Å². The molecule has 0 aliphatic carbocycles. The van der Waals surface area contributed by atoms with Crippen LogP contribution in [0.3, 0.4) is 0 Å². The second-order valence-corrected chi connectivity index (χ2v) is 7.07. The highest BCUT2D eigenvalue weighted by atomic mass is 35.5. The summed E-state index contributed by atoms with van der Waals surface area (Å²) < 4.78 is 5.44. The van der Waals surface area contributed by atoms with Gasteiger partial charge < -0.3 is 15.2 Å². The summed E-state index contributed by atoms with van der Waals surface area (Å²) in [6.45, 7) is 4.08. The number of piperazine rings is 1. The minimum Gasteiger partial charge on any atom is -0.394 e. The fourth-order valence-corrected chi connectivity index (χ4v) is 3.69. The Hall–Kier alpha value is -1.43. The average Bonchev–Trinajstić information content (AvgIpc) is 2.68. The van der Waals surface area contributed by atoms with E-state index in [0.29, 0.717) is 19.3 Å². The van der Waals surface area contributed by atoms with Gasteiger partial charge in [-0.1, -0.05) is 54.1 Å². The first-order chi connectivity index (χ1) is 12.8. The molecule has 2 atom stereocenters. The molecule has 1 aliphatic rings. The predicted octanol–water partition coefficient (Wildman–Crippen LogP) is 3.10. The molecule has 0 saturated carbocycles. The van der Waals surface area contributed by atoms with Crippen LogP contribution in [0.25, 0.3) is 0 Å².